The lowest BCUT2D eigenvalue weighted by Gasteiger charge is -2.22. The van der Waals surface area contributed by atoms with E-state index >= 15 is 0 Å². The summed E-state index contributed by atoms with van der Waals surface area (Å²) in [6.07, 6.45) is -0.563. The Morgan fingerprint density at radius 1 is 1.10 bits per heavy atom. The lowest BCUT2D eigenvalue weighted by atomic mass is 10.1. The van der Waals surface area contributed by atoms with Crippen LogP contribution in [0.2, 0.25) is 5.02 Å². The Morgan fingerprint density at radius 3 is 2.33 bits per heavy atom. The van der Waals surface area contributed by atoms with Crippen LogP contribution in [0.4, 0.5) is 19.3 Å². The SMILES string of the molecule is O=C1OCC(c2cc(F)cc(F)c2)N1c1ccc(Cl)cc1. The molecule has 1 aliphatic rings. The van der Waals surface area contributed by atoms with E-state index < -0.39 is 23.8 Å². The highest BCUT2D eigenvalue weighted by Crippen LogP contribution is 2.34. The summed E-state index contributed by atoms with van der Waals surface area (Å²) in [5.41, 5.74) is 0.893. The number of nitrogens with zero attached hydrogens (tertiary/aromatic N) is 1. The smallest absolute Gasteiger partial charge is 0.415 e. The summed E-state index contributed by atoms with van der Waals surface area (Å²) in [6.45, 7) is 0.0321. The third-order valence-electron chi connectivity index (χ3n) is 3.25. The fourth-order valence-electron chi connectivity index (χ4n) is 2.32. The molecule has 3 nitrogen and oxygen atoms in total. The summed E-state index contributed by atoms with van der Waals surface area (Å²) < 4.78 is 31.7. The Bertz CT molecular complexity index is 670. The first-order valence-corrected chi connectivity index (χ1v) is 6.60. The summed E-state index contributed by atoms with van der Waals surface area (Å²) in [6, 6.07) is 9.15. The number of carbonyl (C=O) groups is 1. The molecule has 6 heteroatoms. The van der Waals surface area contributed by atoms with Gasteiger partial charge >= 0.3 is 6.09 Å². The maximum absolute atomic E-state index is 13.4. The molecule has 108 valence electrons. The molecule has 1 aliphatic heterocycles. The van der Waals surface area contributed by atoms with E-state index in [9.17, 15) is 13.6 Å². The zero-order valence-electron chi connectivity index (χ0n) is 10.7. The zero-order chi connectivity index (χ0) is 15.0. The molecule has 0 aliphatic carbocycles. The molecule has 2 aromatic carbocycles. The normalized spacial score (nSPS) is 18.0. The van der Waals surface area contributed by atoms with Gasteiger partial charge in [-0.15, -0.1) is 0 Å². The van der Waals surface area contributed by atoms with Gasteiger partial charge in [0.25, 0.3) is 0 Å². The summed E-state index contributed by atoms with van der Waals surface area (Å²) in [7, 11) is 0. The van der Waals surface area contributed by atoms with Crippen molar-refractivity contribution in [3.05, 3.63) is 64.7 Å². The first kappa shape index (κ1) is 13.8. The van der Waals surface area contributed by atoms with Gasteiger partial charge in [0.2, 0.25) is 0 Å². The molecule has 3 rings (SSSR count). The lowest BCUT2D eigenvalue weighted by molar-refractivity contribution is 0.179. The highest BCUT2D eigenvalue weighted by molar-refractivity contribution is 6.30. The van der Waals surface area contributed by atoms with E-state index in [0.717, 1.165) is 6.07 Å². The van der Waals surface area contributed by atoms with Gasteiger partial charge in [0.05, 0.1) is 6.04 Å². The van der Waals surface area contributed by atoms with Crippen molar-refractivity contribution in [2.75, 3.05) is 11.5 Å². The maximum atomic E-state index is 13.4. The molecule has 1 atom stereocenters. The number of halogens is 3. The van der Waals surface area contributed by atoms with Gasteiger partial charge in [0, 0.05) is 16.8 Å². The quantitative estimate of drug-likeness (QED) is 0.827. The Balaban J connectivity index is 2.01. The Hall–Kier alpha value is -2.14. The molecule has 1 fully saturated rings. The second-order valence-electron chi connectivity index (χ2n) is 4.64. The van der Waals surface area contributed by atoms with Gasteiger partial charge in [0.1, 0.15) is 18.2 Å². The van der Waals surface area contributed by atoms with E-state index in [1.54, 1.807) is 24.3 Å². The van der Waals surface area contributed by atoms with Crippen molar-refractivity contribution in [3.8, 4) is 0 Å². The number of anilines is 1. The molecule has 2 aromatic rings. The number of hydrogen-bond acceptors (Lipinski definition) is 2. The van der Waals surface area contributed by atoms with Gasteiger partial charge in [-0.3, -0.25) is 4.90 Å². The van der Waals surface area contributed by atoms with E-state index in [1.807, 2.05) is 0 Å². The first-order valence-electron chi connectivity index (χ1n) is 6.22. The Labute approximate surface area is 124 Å². The van der Waals surface area contributed by atoms with Crippen LogP contribution in [0.3, 0.4) is 0 Å². The van der Waals surface area contributed by atoms with Gasteiger partial charge in [-0.1, -0.05) is 11.6 Å². The van der Waals surface area contributed by atoms with Crippen LogP contribution in [0.15, 0.2) is 42.5 Å². The molecule has 0 N–H and O–H groups in total. The molecule has 21 heavy (non-hydrogen) atoms. The third kappa shape index (κ3) is 2.69. The lowest BCUT2D eigenvalue weighted by Crippen LogP contribution is -2.27. The highest BCUT2D eigenvalue weighted by atomic mass is 35.5. The van der Waals surface area contributed by atoms with Crippen LogP contribution in [0.25, 0.3) is 0 Å². The van der Waals surface area contributed by atoms with Gasteiger partial charge in [0.15, 0.2) is 0 Å². The van der Waals surface area contributed by atoms with Crippen molar-refractivity contribution in [3.63, 3.8) is 0 Å². The van der Waals surface area contributed by atoms with E-state index in [0.29, 0.717) is 16.3 Å². The second kappa shape index (κ2) is 5.33. The van der Waals surface area contributed by atoms with E-state index in [1.165, 1.54) is 17.0 Å². The Morgan fingerprint density at radius 2 is 1.71 bits per heavy atom. The second-order valence-corrected chi connectivity index (χ2v) is 5.08. The van der Waals surface area contributed by atoms with E-state index in [-0.39, 0.29) is 6.61 Å². The first-order chi connectivity index (χ1) is 10.0. The molecule has 1 unspecified atom stereocenters. The van der Waals surface area contributed by atoms with Gasteiger partial charge in [-0.25, -0.2) is 13.6 Å². The summed E-state index contributed by atoms with van der Waals surface area (Å²) in [4.78, 5) is 13.2. The summed E-state index contributed by atoms with van der Waals surface area (Å²) >= 11 is 5.82. The standard InChI is InChI=1S/C15H10ClF2NO2/c16-10-1-3-13(4-2-10)19-14(8-21-15(19)20)9-5-11(17)7-12(18)6-9/h1-7,14H,8H2. The number of carbonyl (C=O) groups excluding carboxylic acids is 1. The number of hydrogen-bond donors (Lipinski definition) is 0. The average Bonchev–Trinajstić information content (AvgIpc) is 2.80. The number of benzene rings is 2. The van der Waals surface area contributed by atoms with E-state index in [2.05, 4.69) is 0 Å². The van der Waals surface area contributed by atoms with Crippen molar-refractivity contribution in [1.29, 1.82) is 0 Å². The van der Waals surface area contributed by atoms with Crippen LogP contribution in [0.1, 0.15) is 11.6 Å². The van der Waals surface area contributed by atoms with Crippen LogP contribution in [-0.4, -0.2) is 12.7 Å². The van der Waals surface area contributed by atoms with Crippen molar-refractivity contribution in [2.24, 2.45) is 0 Å². The van der Waals surface area contributed by atoms with Gasteiger partial charge < -0.3 is 4.74 Å². The molecule has 0 spiro atoms. The predicted molar refractivity (Wildman–Crippen MR) is 74.4 cm³/mol. The molecular weight excluding hydrogens is 300 g/mol. The van der Waals surface area contributed by atoms with Gasteiger partial charge in [-0.05, 0) is 42.0 Å². The molecule has 1 saturated heterocycles. The average molecular weight is 310 g/mol. The monoisotopic (exact) mass is 309 g/mol. The Kier molecular flexibility index (Phi) is 3.51. The number of cyclic esters (lactones) is 1. The van der Waals surface area contributed by atoms with Crippen LogP contribution in [0.5, 0.6) is 0 Å². The largest absolute Gasteiger partial charge is 0.447 e. The minimum Gasteiger partial charge on any atom is -0.447 e. The number of rotatable bonds is 2. The highest BCUT2D eigenvalue weighted by Gasteiger charge is 2.35. The number of amides is 1. The molecule has 0 bridgehead atoms. The zero-order valence-corrected chi connectivity index (χ0v) is 11.5. The molecule has 0 saturated carbocycles. The van der Waals surface area contributed by atoms with Gasteiger partial charge in [-0.2, -0.15) is 0 Å². The topological polar surface area (TPSA) is 29.5 Å². The fraction of sp³-hybridized carbons (Fsp3) is 0.133. The third-order valence-corrected chi connectivity index (χ3v) is 3.50. The predicted octanol–water partition coefficient (Wildman–Crippen LogP) is 4.32. The van der Waals surface area contributed by atoms with Crippen LogP contribution in [0, 0.1) is 11.6 Å². The summed E-state index contributed by atoms with van der Waals surface area (Å²) in [5.74, 6) is -1.39. The van der Waals surface area contributed by atoms with Crippen LogP contribution >= 0.6 is 11.6 Å². The molecule has 0 aromatic heterocycles. The van der Waals surface area contributed by atoms with E-state index in [4.69, 9.17) is 16.3 Å². The van der Waals surface area contributed by atoms with Crippen LogP contribution < -0.4 is 4.90 Å². The molecular formula is C15H10ClF2NO2. The minimum absolute atomic E-state index is 0.0321. The summed E-state index contributed by atoms with van der Waals surface area (Å²) in [5, 5.41) is 0.527. The molecule has 1 heterocycles. The van der Waals surface area contributed by atoms with Crippen molar-refractivity contribution in [1.82, 2.24) is 0 Å². The van der Waals surface area contributed by atoms with Crippen molar-refractivity contribution >= 4 is 23.4 Å². The van der Waals surface area contributed by atoms with Crippen molar-refractivity contribution < 1.29 is 18.3 Å². The fourth-order valence-corrected chi connectivity index (χ4v) is 2.45. The maximum Gasteiger partial charge on any atom is 0.415 e. The van der Waals surface area contributed by atoms with Crippen molar-refractivity contribution in [2.45, 2.75) is 6.04 Å². The molecule has 0 radical (unpaired) electrons. The number of ether oxygens (including phenoxy) is 1. The molecule has 1 amide bonds. The minimum atomic E-state index is -0.694. The van der Waals surface area contributed by atoms with Crippen LogP contribution in [-0.2, 0) is 4.74 Å².